The second-order valence-corrected chi connectivity index (χ2v) is 5.14. The molecule has 2 atom stereocenters. The van der Waals surface area contributed by atoms with Crippen molar-refractivity contribution in [3.05, 3.63) is 29.1 Å². The second-order valence-electron chi connectivity index (χ2n) is 5.14. The zero-order valence-corrected chi connectivity index (χ0v) is 10.9. The maximum Gasteiger partial charge on any atom is 0.269 e. The fraction of sp³-hybridized carbons (Fsp3) is 0.571. The predicted molar refractivity (Wildman–Crippen MR) is 69.4 cm³/mol. The highest BCUT2D eigenvalue weighted by Gasteiger charge is 2.25. The van der Waals surface area contributed by atoms with E-state index in [0.717, 1.165) is 30.5 Å². The molecule has 1 aliphatic rings. The third kappa shape index (κ3) is 3.07. The number of aromatic nitrogens is 1. The second kappa shape index (κ2) is 5.48. The number of aliphatic hydroxyl groups excluding tert-OH is 1. The summed E-state index contributed by atoms with van der Waals surface area (Å²) in [7, 11) is 0. The Kier molecular flexibility index (Phi) is 3.97. The smallest absolute Gasteiger partial charge is 0.269 e. The molecule has 0 saturated heterocycles. The zero-order valence-electron chi connectivity index (χ0n) is 10.9. The number of pyridine rings is 1. The van der Waals surface area contributed by atoms with E-state index in [2.05, 4.69) is 10.3 Å². The summed E-state index contributed by atoms with van der Waals surface area (Å²) >= 11 is 0. The molecule has 18 heavy (non-hydrogen) atoms. The Hall–Kier alpha value is -1.42. The van der Waals surface area contributed by atoms with Gasteiger partial charge in [-0.1, -0.05) is 6.42 Å². The fourth-order valence-electron chi connectivity index (χ4n) is 2.53. The third-order valence-corrected chi connectivity index (χ3v) is 3.47. The van der Waals surface area contributed by atoms with Crippen molar-refractivity contribution in [1.82, 2.24) is 10.3 Å². The van der Waals surface area contributed by atoms with Gasteiger partial charge in [0.25, 0.3) is 5.91 Å². The van der Waals surface area contributed by atoms with Crippen LogP contribution in [0.15, 0.2) is 12.1 Å². The first kappa shape index (κ1) is 13.0. The van der Waals surface area contributed by atoms with Crippen LogP contribution < -0.4 is 5.32 Å². The molecule has 0 aromatic carbocycles. The van der Waals surface area contributed by atoms with E-state index in [-0.39, 0.29) is 17.9 Å². The monoisotopic (exact) mass is 248 g/mol. The number of aryl methyl sites for hydroxylation is 2. The average Bonchev–Trinajstić information content (AvgIpc) is 2.70. The molecule has 2 unspecified atom stereocenters. The molecule has 2 N–H and O–H groups in total. The molecule has 1 amide bonds. The van der Waals surface area contributed by atoms with Crippen molar-refractivity contribution >= 4 is 5.91 Å². The fourth-order valence-corrected chi connectivity index (χ4v) is 2.53. The Bertz CT molecular complexity index is 425. The molecule has 0 spiro atoms. The molecule has 98 valence electrons. The minimum atomic E-state index is -0.266. The lowest BCUT2D eigenvalue weighted by molar-refractivity contribution is 0.0911. The van der Waals surface area contributed by atoms with E-state index in [1.165, 1.54) is 0 Å². The highest BCUT2D eigenvalue weighted by atomic mass is 16.3. The summed E-state index contributed by atoms with van der Waals surface area (Å²) in [6.45, 7) is 4.37. The summed E-state index contributed by atoms with van der Waals surface area (Å²) in [5, 5.41) is 12.6. The lowest BCUT2D eigenvalue weighted by atomic mass is 10.1. The van der Waals surface area contributed by atoms with Crippen LogP contribution in [-0.2, 0) is 0 Å². The SMILES string of the molecule is Cc1cc(C)nc(C(=O)NCC2CCCC2O)c1. The molecule has 4 nitrogen and oxygen atoms in total. The number of nitrogens with one attached hydrogen (secondary N) is 1. The van der Waals surface area contributed by atoms with Gasteiger partial charge in [-0.05, 0) is 44.4 Å². The van der Waals surface area contributed by atoms with E-state index in [1.807, 2.05) is 19.9 Å². The largest absolute Gasteiger partial charge is 0.393 e. The zero-order chi connectivity index (χ0) is 13.1. The van der Waals surface area contributed by atoms with Crippen LogP contribution in [0.3, 0.4) is 0 Å². The van der Waals surface area contributed by atoms with E-state index in [1.54, 1.807) is 6.07 Å². The van der Waals surface area contributed by atoms with Crippen LogP contribution in [0.5, 0.6) is 0 Å². The van der Waals surface area contributed by atoms with Crippen molar-refractivity contribution < 1.29 is 9.90 Å². The van der Waals surface area contributed by atoms with Gasteiger partial charge in [0.1, 0.15) is 5.69 Å². The van der Waals surface area contributed by atoms with Gasteiger partial charge in [-0.25, -0.2) is 4.98 Å². The molecule has 0 aliphatic heterocycles. The van der Waals surface area contributed by atoms with Crippen LogP contribution >= 0.6 is 0 Å². The van der Waals surface area contributed by atoms with Crippen molar-refractivity contribution in [2.24, 2.45) is 5.92 Å². The van der Waals surface area contributed by atoms with Gasteiger partial charge in [0.2, 0.25) is 0 Å². The quantitative estimate of drug-likeness (QED) is 0.854. The number of hydrogen-bond donors (Lipinski definition) is 2. The van der Waals surface area contributed by atoms with Gasteiger partial charge in [0, 0.05) is 18.2 Å². The highest BCUT2D eigenvalue weighted by molar-refractivity contribution is 5.92. The normalized spacial score (nSPS) is 23.1. The molecule has 4 heteroatoms. The van der Waals surface area contributed by atoms with Crippen LogP contribution in [0.25, 0.3) is 0 Å². The maximum absolute atomic E-state index is 12.0. The number of amides is 1. The van der Waals surface area contributed by atoms with Gasteiger partial charge in [0.15, 0.2) is 0 Å². The Morgan fingerprint density at radius 1 is 1.44 bits per heavy atom. The molecule has 1 saturated carbocycles. The molecule has 0 radical (unpaired) electrons. The van der Waals surface area contributed by atoms with Crippen molar-refractivity contribution in [3.63, 3.8) is 0 Å². The summed E-state index contributed by atoms with van der Waals surface area (Å²) in [6, 6.07) is 3.73. The van der Waals surface area contributed by atoms with Gasteiger partial charge in [-0.2, -0.15) is 0 Å². The lowest BCUT2D eigenvalue weighted by Crippen LogP contribution is -2.33. The Balaban J connectivity index is 1.95. The number of nitrogens with zero attached hydrogens (tertiary/aromatic N) is 1. The molecule has 2 rings (SSSR count). The van der Waals surface area contributed by atoms with Gasteiger partial charge in [0.05, 0.1) is 6.10 Å². The van der Waals surface area contributed by atoms with E-state index >= 15 is 0 Å². The van der Waals surface area contributed by atoms with Gasteiger partial charge >= 0.3 is 0 Å². The maximum atomic E-state index is 12.0. The Labute approximate surface area is 107 Å². The van der Waals surface area contributed by atoms with Crippen LogP contribution in [0.2, 0.25) is 0 Å². The summed E-state index contributed by atoms with van der Waals surface area (Å²) < 4.78 is 0. The first-order valence-electron chi connectivity index (χ1n) is 6.48. The Morgan fingerprint density at radius 2 is 2.22 bits per heavy atom. The lowest BCUT2D eigenvalue weighted by Gasteiger charge is -2.15. The molecule has 1 aliphatic carbocycles. The van der Waals surface area contributed by atoms with E-state index in [0.29, 0.717) is 12.2 Å². The first-order chi connectivity index (χ1) is 8.56. The number of hydrogen-bond acceptors (Lipinski definition) is 3. The van der Waals surface area contributed by atoms with E-state index < -0.39 is 0 Å². The van der Waals surface area contributed by atoms with Gasteiger partial charge < -0.3 is 10.4 Å². The molecular weight excluding hydrogens is 228 g/mol. The number of rotatable bonds is 3. The molecule has 1 heterocycles. The van der Waals surface area contributed by atoms with Crippen LogP contribution in [-0.4, -0.2) is 28.6 Å². The Morgan fingerprint density at radius 3 is 2.83 bits per heavy atom. The van der Waals surface area contributed by atoms with Crippen molar-refractivity contribution in [3.8, 4) is 0 Å². The predicted octanol–water partition coefficient (Wildman–Crippen LogP) is 1.59. The van der Waals surface area contributed by atoms with Crippen LogP contribution in [0.1, 0.15) is 41.0 Å². The molecular formula is C14H20N2O2. The standard InChI is InChI=1S/C14H20N2O2/c1-9-6-10(2)16-12(7-9)14(18)15-8-11-4-3-5-13(11)17/h6-7,11,13,17H,3-5,8H2,1-2H3,(H,15,18). The molecule has 0 bridgehead atoms. The molecule has 1 aromatic heterocycles. The van der Waals surface area contributed by atoms with Crippen LogP contribution in [0, 0.1) is 19.8 Å². The molecule has 1 aromatic rings. The number of carbonyl (C=O) groups is 1. The van der Waals surface area contributed by atoms with Crippen molar-refractivity contribution in [1.29, 1.82) is 0 Å². The van der Waals surface area contributed by atoms with Crippen LogP contribution in [0.4, 0.5) is 0 Å². The minimum absolute atomic E-state index is 0.152. The van der Waals surface area contributed by atoms with Gasteiger partial charge in [-0.15, -0.1) is 0 Å². The summed E-state index contributed by atoms with van der Waals surface area (Å²) in [5.74, 6) is 0.0424. The minimum Gasteiger partial charge on any atom is -0.393 e. The highest BCUT2D eigenvalue weighted by Crippen LogP contribution is 2.24. The number of aliphatic hydroxyl groups is 1. The summed E-state index contributed by atoms with van der Waals surface area (Å²) in [5.41, 5.74) is 2.34. The first-order valence-corrected chi connectivity index (χ1v) is 6.48. The topological polar surface area (TPSA) is 62.2 Å². The number of carbonyl (C=O) groups excluding carboxylic acids is 1. The van der Waals surface area contributed by atoms with Crippen molar-refractivity contribution in [2.75, 3.05) is 6.54 Å². The van der Waals surface area contributed by atoms with Crippen molar-refractivity contribution in [2.45, 2.75) is 39.2 Å². The van der Waals surface area contributed by atoms with E-state index in [9.17, 15) is 9.90 Å². The summed E-state index contributed by atoms with van der Waals surface area (Å²) in [6.07, 6.45) is 2.62. The van der Waals surface area contributed by atoms with E-state index in [4.69, 9.17) is 0 Å². The van der Waals surface area contributed by atoms with Gasteiger partial charge in [-0.3, -0.25) is 4.79 Å². The average molecular weight is 248 g/mol. The molecule has 1 fully saturated rings. The third-order valence-electron chi connectivity index (χ3n) is 3.47. The summed E-state index contributed by atoms with van der Waals surface area (Å²) in [4.78, 5) is 16.2.